The van der Waals surface area contributed by atoms with Crippen LogP contribution in [0.1, 0.15) is 17.5 Å². The Morgan fingerprint density at radius 3 is 2.55 bits per heavy atom. The lowest BCUT2D eigenvalue weighted by atomic mass is 9.87. The van der Waals surface area contributed by atoms with Crippen LogP contribution < -0.4 is 4.74 Å². The van der Waals surface area contributed by atoms with Gasteiger partial charge in [0.15, 0.2) is 0 Å². The Labute approximate surface area is 136 Å². The highest BCUT2D eigenvalue weighted by molar-refractivity contribution is 14.1. The second kappa shape index (κ2) is 8.47. The standard InChI is InChI=1S/C14H15IO.C3H9N/c1-10(9-15)13-5-3-4-11-8-12(16-2)6-7-14(11)13;1-4(2)3/h5-8H,1,3-4,9H2,2H3;1-3H3. The molecule has 0 aromatic heterocycles. The van der Waals surface area contributed by atoms with Gasteiger partial charge in [0.2, 0.25) is 0 Å². The summed E-state index contributed by atoms with van der Waals surface area (Å²) in [7, 11) is 7.71. The molecule has 20 heavy (non-hydrogen) atoms. The molecule has 0 saturated heterocycles. The third-order valence-electron chi connectivity index (χ3n) is 2.91. The highest BCUT2D eigenvalue weighted by atomic mass is 127. The number of hydrogen-bond acceptors (Lipinski definition) is 2. The average Bonchev–Trinajstić information content (AvgIpc) is 2.44. The van der Waals surface area contributed by atoms with Gasteiger partial charge < -0.3 is 9.64 Å². The van der Waals surface area contributed by atoms with Crippen molar-refractivity contribution in [2.45, 2.75) is 12.8 Å². The molecule has 110 valence electrons. The van der Waals surface area contributed by atoms with E-state index < -0.39 is 0 Å². The molecule has 0 aliphatic heterocycles. The van der Waals surface area contributed by atoms with Crippen LogP contribution in [0.4, 0.5) is 0 Å². The van der Waals surface area contributed by atoms with E-state index >= 15 is 0 Å². The number of hydrogen-bond donors (Lipinski definition) is 0. The Morgan fingerprint density at radius 2 is 2.00 bits per heavy atom. The van der Waals surface area contributed by atoms with Gasteiger partial charge in [0.1, 0.15) is 5.75 Å². The second-order valence-electron chi connectivity index (χ2n) is 5.26. The lowest BCUT2D eigenvalue weighted by Crippen LogP contribution is -2.02. The van der Waals surface area contributed by atoms with Crippen LogP contribution in [0.15, 0.2) is 36.4 Å². The number of nitrogens with zero attached hydrogens (tertiary/aromatic N) is 1. The molecule has 1 aromatic rings. The van der Waals surface area contributed by atoms with Crippen LogP contribution >= 0.6 is 22.6 Å². The van der Waals surface area contributed by atoms with E-state index in [0.29, 0.717) is 0 Å². The Hall–Kier alpha value is -0.810. The summed E-state index contributed by atoms with van der Waals surface area (Å²) >= 11 is 2.36. The number of benzene rings is 1. The summed E-state index contributed by atoms with van der Waals surface area (Å²) in [6.45, 7) is 4.13. The normalized spacial score (nSPS) is 13.0. The topological polar surface area (TPSA) is 12.5 Å². The van der Waals surface area contributed by atoms with Gasteiger partial charge >= 0.3 is 0 Å². The van der Waals surface area contributed by atoms with Gasteiger partial charge in [0.05, 0.1) is 7.11 Å². The lowest BCUT2D eigenvalue weighted by molar-refractivity contribution is 0.414. The zero-order valence-corrected chi connectivity index (χ0v) is 15.0. The van der Waals surface area contributed by atoms with Crippen molar-refractivity contribution in [3.05, 3.63) is 47.6 Å². The van der Waals surface area contributed by atoms with E-state index in [2.05, 4.69) is 47.4 Å². The minimum absolute atomic E-state index is 0.945. The van der Waals surface area contributed by atoms with Gasteiger partial charge in [0.25, 0.3) is 0 Å². The van der Waals surface area contributed by atoms with E-state index in [4.69, 9.17) is 4.74 Å². The molecule has 0 amide bonds. The van der Waals surface area contributed by atoms with E-state index in [1.54, 1.807) is 7.11 Å². The third kappa shape index (κ3) is 4.94. The Morgan fingerprint density at radius 1 is 1.35 bits per heavy atom. The predicted molar refractivity (Wildman–Crippen MR) is 96.9 cm³/mol. The zero-order chi connectivity index (χ0) is 15.1. The number of allylic oxidation sites excluding steroid dienone is 3. The maximum Gasteiger partial charge on any atom is 0.119 e. The van der Waals surface area contributed by atoms with Crippen LogP contribution in [0.25, 0.3) is 5.57 Å². The molecule has 2 rings (SSSR count). The smallest absolute Gasteiger partial charge is 0.119 e. The van der Waals surface area contributed by atoms with Crippen LogP contribution in [0, 0.1) is 0 Å². The molecule has 1 aliphatic rings. The fourth-order valence-corrected chi connectivity index (χ4v) is 2.47. The van der Waals surface area contributed by atoms with Gasteiger partial charge in [-0.05, 0) is 68.4 Å². The van der Waals surface area contributed by atoms with Crippen molar-refractivity contribution in [2.24, 2.45) is 0 Å². The van der Waals surface area contributed by atoms with E-state index in [1.165, 1.54) is 22.3 Å². The molecule has 0 N–H and O–H groups in total. The van der Waals surface area contributed by atoms with Crippen molar-refractivity contribution in [3.63, 3.8) is 0 Å². The first-order valence-electron chi connectivity index (χ1n) is 6.72. The fourth-order valence-electron chi connectivity index (χ4n) is 2.06. The van der Waals surface area contributed by atoms with Gasteiger partial charge in [-0.3, -0.25) is 0 Å². The summed E-state index contributed by atoms with van der Waals surface area (Å²) in [6.07, 6.45) is 4.51. The number of ether oxygens (including phenoxy) is 1. The largest absolute Gasteiger partial charge is 0.497 e. The van der Waals surface area contributed by atoms with E-state index in [0.717, 1.165) is 23.0 Å². The molecular formula is C17H24INO. The van der Waals surface area contributed by atoms with Gasteiger partial charge in [-0.25, -0.2) is 0 Å². The first kappa shape index (κ1) is 17.2. The highest BCUT2D eigenvalue weighted by Gasteiger charge is 2.14. The quantitative estimate of drug-likeness (QED) is 0.572. The zero-order valence-electron chi connectivity index (χ0n) is 12.9. The molecule has 1 aliphatic carbocycles. The van der Waals surface area contributed by atoms with E-state index in [1.807, 2.05) is 32.1 Å². The first-order chi connectivity index (χ1) is 9.49. The number of alkyl halides is 1. The minimum atomic E-state index is 0.945. The minimum Gasteiger partial charge on any atom is -0.497 e. The molecule has 0 atom stereocenters. The number of aryl methyl sites for hydroxylation is 1. The van der Waals surface area contributed by atoms with Gasteiger partial charge in [-0.1, -0.05) is 41.3 Å². The van der Waals surface area contributed by atoms with Crippen LogP contribution in [-0.4, -0.2) is 37.6 Å². The van der Waals surface area contributed by atoms with Crippen LogP contribution in [0.3, 0.4) is 0 Å². The Kier molecular flexibility index (Phi) is 7.30. The van der Waals surface area contributed by atoms with Crippen molar-refractivity contribution in [1.29, 1.82) is 0 Å². The molecule has 2 nitrogen and oxygen atoms in total. The van der Waals surface area contributed by atoms with Crippen molar-refractivity contribution in [3.8, 4) is 5.75 Å². The van der Waals surface area contributed by atoms with Crippen molar-refractivity contribution in [1.82, 2.24) is 4.90 Å². The van der Waals surface area contributed by atoms with Crippen molar-refractivity contribution >= 4 is 28.2 Å². The predicted octanol–water partition coefficient (Wildman–Crippen LogP) is 4.19. The maximum absolute atomic E-state index is 5.26. The average molecular weight is 385 g/mol. The number of halogens is 1. The lowest BCUT2D eigenvalue weighted by Gasteiger charge is -2.19. The van der Waals surface area contributed by atoms with Crippen molar-refractivity contribution in [2.75, 3.05) is 32.7 Å². The van der Waals surface area contributed by atoms with Gasteiger partial charge in [0, 0.05) is 4.43 Å². The monoisotopic (exact) mass is 385 g/mol. The number of fused-ring (bicyclic) bond motifs is 1. The fraction of sp³-hybridized carbons (Fsp3) is 0.412. The second-order valence-corrected chi connectivity index (χ2v) is 6.02. The highest BCUT2D eigenvalue weighted by Crippen LogP contribution is 2.33. The number of rotatable bonds is 3. The summed E-state index contributed by atoms with van der Waals surface area (Å²) in [4.78, 5) is 2.00. The molecule has 0 bridgehead atoms. The SMILES string of the molecule is C=C(CI)C1=CCCc2cc(OC)ccc21.CN(C)C. The van der Waals surface area contributed by atoms with Gasteiger partial charge in [-0.2, -0.15) is 0 Å². The number of methoxy groups -OCH3 is 1. The first-order valence-corrected chi connectivity index (χ1v) is 8.24. The molecule has 3 heteroatoms. The van der Waals surface area contributed by atoms with E-state index in [9.17, 15) is 0 Å². The summed E-state index contributed by atoms with van der Waals surface area (Å²) < 4.78 is 6.24. The molecule has 0 unspecified atom stereocenters. The third-order valence-corrected chi connectivity index (χ3v) is 3.83. The van der Waals surface area contributed by atoms with Gasteiger partial charge in [-0.15, -0.1) is 0 Å². The summed E-state index contributed by atoms with van der Waals surface area (Å²) in [5.74, 6) is 0.945. The molecule has 0 spiro atoms. The molecule has 0 heterocycles. The maximum atomic E-state index is 5.26. The summed E-state index contributed by atoms with van der Waals surface area (Å²) in [5, 5.41) is 0. The Bertz CT molecular complexity index is 489. The van der Waals surface area contributed by atoms with Crippen LogP contribution in [0.2, 0.25) is 0 Å². The van der Waals surface area contributed by atoms with Crippen molar-refractivity contribution < 1.29 is 4.74 Å². The van der Waals surface area contributed by atoms with Crippen LogP contribution in [0.5, 0.6) is 5.75 Å². The molecule has 0 radical (unpaired) electrons. The van der Waals surface area contributed by atoms with Crippen LogP contribution in [-0.2, 0) is 6.42 Å². The summed E-state index contributed by atoms with van der Waals surface area (Å²) in [6, 6.07) is 6.32. The molecule has 0 saturated carbocycles. The van der Waals surface area contributed by atoms with E-state index in [-0.39, 0.29) is 0 Å². The molecule has 1 aromatic carbocycles. The molecular weight excluding hydrogens is 361 g/mol. The molecule has 0 fully saturated rings. The Balaban J connectivity index is 0.000000444. The summed E-state index contributed by atoms with van der Waals surface area (Å²) in [5.41, 5.74) is 5.24.